The van der Waals surface area contributed by atoms with Crippen LogP contribution in [0.2, 0.25) is 5.02 Å². The minimum atomic E-state index is -3.36. The van der Waals surface area contributed by atoms with E-state index in [4.69, 9.17) is 11.6 Å². The Morgan fingerprint density at radius 3 is 2.24 bits per heavy atom. The molecule has 29 heavy (non-hydrogen) atoms. The van der Waals surface area contributed by atoms with E-state index < -0.39 is 10.0 Å². The van der Waals surface area contributed by atoms with E-state index in [2.05, 4.69) is 15.6 Å². The Balaban J connectivity index is 1.48. The highest BCUT2D eigenvalue weighted by Crippen LogP contribution is 2.21. The van der Waals surface area contributed by atoms with Gasteiger partial charge in [-0.05, 0) is 54.7 Å². The van der Waals surface area contributed by atoms with Crippen LogP contribution in [0.4, 0.5) is 0 Å². The highest BCUT2D eigenvalue weighted by atomic mass is 35.5. The molecule has 3 rings (SSSR count). The number of nitrogens with one attached hydrogen (secondary N) is 2. The van der Waals surface area contributed by atoms with Crippen molar-refractivity contribution in [3.05, 3.63) is 64.7 Å². The summed E-state index contributed by atoms with van der Waals surface area (Å²) in [6.07, 6.45) is 2.73. The van der Waals surface area contributed by atoms with Gasteiger partial charge < -0.3 is 10.6 Å². The first-order chi connectivity index (χ1) is 14.0. The summed E-state index contributed by atoms with van der Waals surface area (Å²) >= 11 is 5.91. The van der Waals surface area contributed by atoms with E-state index in [0.717, 1.165) is 36.4 Å². The van der Waals surface area contributed by atoms with Crippen LogP contribution >= 0.6 is 11.6 Å². The molecular formula is C21H27ClN4O2S. The molecule has 1 aliphatic rings. The number of hydrogen-bond donors (Lipinski definition) is 2. The lowest BCUT2D eigenvalue weighted by molar-refractivity contribution is 0.477. The fourth-order valence-electron chi connectivity index (χ4n) is 3.24. The van der Waals surface area contributed by atoms with Crippen molar-refractivity contribution in [2.75, 3.05) is 26.7 Å². The number of aliphatic imine (C=N–C) groups is 1. The summed E-state index contributed by atoms with van der Waals surface area (Å²) in [6, 6.07) is 14.8. The van der Waals surface area contributed by atoms with Crippen molar-refractivity contribution in [2.45, 2.75) is 30.7 Å². The summed E-state index contributed by atoms with van der Waals surface area (Å²) in [5.74, 6) is 0.702. The van der Waals surface area contributed by atoms with Crippen LogP contribution in [0.1, 0.15) is 24.0 Å². The molecule has 1 saturated heterocycles. The fraction of sp³-hybridized carbons (Fsp3) is 0.381. The molecule has 0 atom stereocenters. The van der Waals surface area contributed by atoms with E-state index in [1.165, 1.54) is 5.56 Å². The molecular weight excluding hydrogens is 408 g/mol. The maximum Gasteiger partial charge on any atom is 0.243 e. The normalized spacial score (nSPS) is 15.4. The van der Waals surface area contributed by atoms with Gasteiger partial charge in [0.05, 0.1) is 4.90 Å². The maximum atomic E-state index is 12.6. The zero-order valence-corrected chi connectivity index (χ0v) is 18.1. The van der Waals surface area contributed by atoms with Gasteiger partial charge in [0.1, 0.15) is 0 Å². The lowest BCUT2D eigenvalue weighted by atomic mass is 10.1. The first-order valence-electron chi connectivity index (χ1n) is 9.77. The molecule has 0 bridgehead atoms. The molecule has 0 aromatic heterocycles. The van der Waals surface area contributed by atoms with Crippen LogP contribution in [-0.2, 0) is 23.0 Å². The first kappa shape index (κ1) is 21.6. The molecule has 0 amide bonds. The highest BCUT2D eigenvalue weighted by molar-refractivity contribution is 7.89. The van der Waals surface area contributed by atoms with Crippen LogP contribution in [0.3, 0.4) is 0 Å². The van der Waals surface area contributed by atoms with Crippen molar-refractivity contribution in [1.29, 1.82) is 0 Å². The molecule has 1 aliphatic heterocycles. The van der Waals surface area contributed by atoms with Gasteiger partial charge >= 0.3 is 0 Å². The second-order valence-corrected chi connectivity index (χ2v) is 9.36. The lowest BCUT2D eigenvalue weighted by Gasteiger charge is -2.16. The van der Waals surface area contributed by atoms with Crippen molar-refractivity contribution < 1.29 is 8.42 Å². The van der Waals surface area contributed by atoms with Gasteiger partial charge in [-0.2, -0.15) is 4.31 Å². The van der Waals surface area contributed by atoms with Crippen molar-refractivity contribution >= 4 is 27.6 Å². The fourth-order valence-corrected chi connectivity index (χ4v) is 4.88. The van der Waals surface area contributed by atoms with Crippen molar-refractivity contribution in [1.82, 2.24) is 14.9 Å². The van der Waals surface area contributed by atoms with Crippen molar-refractivity contribution in [3.63, 3.8) is 0 Å². The Kier molecular flexibility index (Phi) is 7.52. The SMILES string of the molecule is CN=C(NCCc1ccc(Cl)cc1)NCc1ccc(S(=O)(=O)N2CCCC2)cc1. The van der Waals surface area contributed by atoms with Crippen LogP contribution in [0, 0.1) is 0 Å². The largest absolute Gasteiger partial charge is 0.356 e. The third-order valence-electron chi connectivity index (χ3n) is 4.93. The third-order valence-corrected chi connectivity index (χ3v) is 7.09. The van der Waals surface area contributed by atoms with Gasteiger partial charge in [0.15, 0.2) is 5.96 Å². The Labute approximate surface area is 178 Å². The van der Waals surface area contributed by atoms with E-state index in [9.17, 15) is 8.42 Å². The second-order valence-electron chi connectivity index (χ2n) is 6.98. The number of benzene rings is 2. The quantitative estimate of drug-likeness (QED) is 0.519. The summed E-state index contributed by atoms with van der Waals surface area (Å²) in [7, 11) is -1.64. The van der Waals surface area contributed by atoms with E-state index in [1.807, 2.05) is 36.4 Å². The molecule has 2 aromatic rings. The predicted octanol–water partition coefficient (Wildman–Crippen LogP) is 3.03. The minimum Gasteiger partial charge on any atom is -0.356 e. The minimum absolute atomic E-state index is 0.355. The van der Waals surface area contributed by atoms with Crippen LogP contribution in [0.5, 0.6) is 0 Å². The van der Waals surface area contributed by atoms with E-state index in [-0.39, 0.29) is 0 Å². The predicted molar refractivity (Wildman–Crippen MR) is 118 cm³/mol. The maximum absolute atomic E-state index is 12.6. The second kappa shape index (κ2) is 10.1. The zero-order chi connectivity index (χ0) is 20.7. The number of sulfonamides is 1. The van der Waals surface area contributed by atoms with Crippen LogP contribution < -0.4 is 10.6 Å². The summed E-state index contributed by atoms with van der Waals surface area (Å²) < 4.78 is 26.7. The molecule has 2 aromatic carbocycles. The van der Waals surface area contributed by atoms with Gasteiger partial charge in [-0.25, -0.2) is 8.42 Å². The highest BCUT2D eigenvalue weighted by Gasteiger charge is 2.26. The summed E-state index contributed by atoms with van der Waals surface area (Å²) in [6.45, 7) is 2.53. The van der Waals surface area contributed by atoms with Crippen LogP contribution in [-0.4, -0.2) is 45.4 Å². The van der Waals surface area contributed by atoms with Gasteiger partial charge in [-0.1, -0.05) is 35.9 Å². The monoisotopic (exact) mass is 434 g/mol. The van der Waals surface area contributed by atoms with E-state index in [1.54, 1.807) is 23.5 Å². The Hall–Kier alpha value is -2.09. The molecule has 0 saturated carbocycles. The molecule has 156 valence electrons. The van der Waals surface area contributed by atoms with Gasteiger partial charge in [-0.3, -0.25) is 4.99 Å². The Morgan fingerprint density at radius 1 is 1.00 bits per heavy atom. The number of hydrogen-bond acceptors (Lipinski definition) is 3. The molecule has 0 radical (unpaired) electrons. The van der Waals surface area contributed by atoms with Crippen LogP contribution in [0.25, 0.3) is 0 Å². The van der Waals surface area contributed by atoms with Crippen molar-refractivity contribution in [3.8, 4) is 0 Å². The number of nitrogens with zero attached hydrogens (tertiary/aromatic N) is 2. The average Bonchev–Trinajstić information content (AvgIpc) is 3.28. The summed E-state index contributed by atoms with van der Waals surface area (Å²) in [4.78, 5) is 4.58. The Bertz CT molecular complexity index is 922. The number of guanidine groups is 1. The van der Waals surface area contributed by atoms with E-state index in [0.29, 0.717) is 30.5 Å². The molecule has 6 nitrogen and oxygen atoms in total. The van der Waals surface area contributed by atoms with Gasteiger partial charge in [-0.15, -0.1) is 0 Å². The first-order valence-corrected chi connectivity index (χ1v) is 11.6. The number of rotatable bonds is 7. The molecule has 0 aliphatic carbocycles. The van der Waals surface area contributed by atoms with Gasteiger partial charge in [0.2, 0.25) is 10.0 Å². The average molecular weight is 435 g/mol. The topological polar surface area (TPSA) is 73.8 Å². The van der Waals surface area contributed by atoms with E-state index >= 15 is 0 Å². The van der Waals surface area contributed by atoms with Gasteiger partial charge in [0.25, 0.3) is 0 Å². The summed E-state index contributed by atoms with van der Waals surface area (Å²) in [5, 5.41) is 7.27. The Morgan fingerprint density at radius 2 is 1.62 bits per heavy atom. The zero-order valence-electron chi connectivity index (χ0n) is 16.6. The van der Waals surface area contributed by atoms with Gasteiger partial charge in [0, 0.05) is 38.2 Å². The smallest absolute Gasteiger partial charge is 0.243 e. The molecule has 1 fully saturated rings. The third kappa shape index (κ3) is 5.95. The van der Waals surface area contributed by atoms with Crippen molar-refractivity contribution in [2.24, 2.45) is 4.99 Å². The molecule has 0 unspecified atom stereocenters. The molecule has 0 spiro atoms. The lowest BCUT2D eigenvalue weighted by Crippen LogP contribution is -2.37. The molecule has 2 N–H and O–H groups in total. The molecule has 8 heteroatoms. The van der Waals surface area contributed by atoms with Crippen LogP contribution in [0.15, 0.2) is 58.4 Å². The standard InChI is InChI=1S/C21H27ClN4O2S/c1-23-21(24-13-12-17-4-8-19(22)9-5-17)25-16-18-6-10-20(11-7-18)29(27,28)26-14-2-3-15-26/h4-11H,2-3,12-16H2,1H3,(H2,23,24,25). The summed E-state index contributed by atoms with van der Waals surface area (Å²) in [5.41, 5.74) is 2.19. The number of halogens is 1. The molecule has 1 heterocycles.